The Bertz CT molecular complexity index is 972. The molecule has 3 aromatic rings. The van der Waals surface area contributed by atoms with E-state index in [1.165, 1.54) is 17.0 Å². The number of benzene rings is 2. The number of aryl methyl sites for hydroxylation is 1. The number of nitrogens with one attached hydrogen (secondary N) is 1. The van der Waals surface area contributed by atoms with Gasteiger partial charge in [0.1, 0.15) is 9.88 Å². The van der Waals surface area contributed by atoms with Crippen LogP contribution in [0.5, 0.6) is 0 Å². The number of hydrogen-bond donors (Lipinski definition) is 1. The third-order valence-electron chi connectivity index (χ3n) is 5.29. The molecule has 0 unspecified atom stereocenters. The second kappa shape index (κ2) is 8.97. The number of carbonyl (C=O) groups is 1. The van der Waals surface area contributed by atoms with Crippen molar-refractivity contribution in [3.8, 4) is 10.6 Å². The minimum Gasteiger partial charge on any atom is -0.371 e. The van der Waals surface area contributed by atoms with E-state index in [0.717, 1.165) is 42.2 Å². The van der Waals surface area contributed by atoms with Crippen LogP contribution in [-0.2, 0) is 0 Å². The number of piperidine rings is 1. The van der Waals surface area contributed by atoms with Crippen LogP contribution in [0.2, 0.25) is 5.02 Å². The van der Waals surface area contributed by atoms with Gasteiger partial charge in [-0.25, -0.2) is 4.98 Å². The number of halogens is 1. The fourth-order valence-electron chi connectivity index (χ4n) is 3.75. The number of thiazole rings is 1. The van der Waals surface area contributed by atoms with E-state index >= 15 is 0 Å². The molecule has 0 saturated carbocycles. The molecule has 0 radical (unpaired) electrons. The highest BCUT2D eigenvalue weighted by atomic mass is 35.5. The highest BCUT2D eigenvalue weighted by Crippen LogP contribution is 2.29. The second-order valence-electron chi connectivity index (χ2n) is 7.44. The van der Waals surface area contributed by atoms with Crippen molar-refractivity contribution < 1.29 is 4.79 Å². The smallest absolute Gasteiger partial charge is 0.263 e. The van der Waals surface area contributed by atoms with E-state index in [1.807, 2.05) is 37.3 Å². The summed E-state index contributed by atoms with van der Waals surface area (Å²) in [7, 11) is 0. The molecule has 1 saturated heterocycles. The van der Waals surface area contributed by atoms with E-state index in [0.29, 0.717) is 22.4 Å². The van der Waals surface area contributed by atoms with Crippen molar-refractivity contribution in [1.29, 1.82) is 0 Å². The Hall–Kier alpha value is -2.37. The summed E-state index contributed by atoms with van der Waals surface area (Å²) in [4.78, 5) is 20.5. The van der Waals surface area contributed by atoms with E-state index < -0.39 is 0 Å². The summed E-state index contributed by atoms with van der Waals surface area (Å²) in [5.74, 6) is 0.425. The Labute approximate surface area is 180 Å². The van der Waals surface area contributed by atoms with Gasteiger partial charge in [0.2, 0.25) is 0 Å². The molecule has 1 fully saturated rings. The van der Waals surface area contributed by atoms with Crippen LogP contribution in [0.25, 0.3) is 10.6 Å². The standard InChI is InChI=1S/C23H24ClN3OS/c1-16-21(29-23(26-16)18-9-11-19(24)12-10-18)22(28)25-14-17-6-5-13-27(15-17)20-7-3-2-4-8-20/h2-4,7-12,17H,5-6,13-15H2,1H3,(H,25,28)/t17-/m0/s1. The molecule has 0 spiro atoms. The summed E-state index contributed by atoms with van der Waals surface area (Å²) < 4.78 is 0. The molecule has 4 rings (SSSR count). The normalized spacial score (nSPS) is 16.6. The van der Waals surface area contributed by atoms with Crippen LogP contribution in [-0.4, -0.2) is 30.5 Å². The number of rotatable bonds is 5. The third kappa shape index (κ3) is 4.80. The maximum Gasteiger partial charge on any atom is 0.263 e. The van der Waals surface area contributed by atoms with Gasteiger partial charge >= 0.3 is 0 Å². The average molecular weight is 426 g/mol. The number of para-hydroxylation sites is 1. The Kier molecular flexibility index (Phi) is 6.16. The zero-order valence-corrected chi connectivity index (χ0v) is 18.0. The van der Waals surface area contributed by atoms with Crippen molar-refractivity contribution in [1.82, 2.24) is 10.3 Å². The summed E-state index contributed by atoms with van der Waals surface area (Å²) in [6.45, 7) is 4.63. The SMILES string of the molecule is Cc1nc(-c2ccc(Cl)cc2)sc1C(=O)NC[C@@H]1CCCN(c2ccccc2)C1. The van der Waals surface area contributed by atoms with Crippen LogP contribution < -0.4 is 10.2 Å². The minimum atomic E-state index is -0.0305. The summed E-state index contributed by atoms with van der Waals surface area (Å²) in [6, 6.07) is 18.0. The Morgan fingerprint density at radius 3 is 2.72 bits per heavy atom. The van der Waals surface area contributed by atoms with Crippen LogP contribution in [0.4, 0.5) is 5.69 Å². The summed E-state index contributed by atoms with van der Waals surface area (Å²) in [5.41, 5.74) is 3.01. The van der Waals surface area contributed by atoms with Crippen molar-refractivity contribution in [2.75, 3.05) is 24.5 Å². The molecule has 0 aliphatic carbocycles. The van der Waals surface area contributed by atoms with Crippen LogP contribution in [0, 0.1) is 12.8 Å². The van der Waals surface area contributed by atoms with Crippen LogP contribution >= 0.6 is 22.9 Å². The summed E-state index contributed by atoms with van der Waals surface area (Å²) in [5, 5.41) is 4.68. The second-order valence-corrected chi connectivity index (χ2v) is 8.88. The van der Waals surface area contributed by atoms with E-state index in [1.54, 1.807) is 0 Å². The number of nitrogens with zero attached hydrogens (tertiary/aromatic N) is 2. The summed E-state index contributed by atoms with van der Waals surface area (Å²) in [6.07, 6.45) is 2.29. The lowest BCUT2D eigenvalue weighted by Gasteiger charge is -2.34. The first-order valence-corrected chi connectivity index (χ1v) is 11.1. The molecule has 1 amide bonds. The highest BCUT2D eigenvalue weighted by Gasteiger charge is 2.22. The van der Waals surface area contributed by atoms with E-state index in [9.17, 15) is 4.79 Å². The molecule has 2 aromatic carbocycles. The van der Waals surface area contributed by atoms with Crippen molar-refractivity contribution in [3.05, 3.63) is 70.2 Å². The lowest BCUT2D eigenvalue weighted by molar-refractivity contribution is 0.0949. The number of hydrogen-bond acceptors (Lipinski definition) is 4. The van der Waals surface area contributed by atoms with Crippen molar-refractivity contribution in [2.24, 2.45) is 5.92 Å². The van der Waals surface area contributed by atoms with Gasteiger partial charge in [-0.15, -0.1) is 11.3 Å². The first-order chi connectivity index (χ1) is 14.1. The zero-order valence-electron chi connectivity index (χ0n) is 16.4. The first kappa shape index (κ1) is 19.9. The lowest BCUT2D eigenvalue weighted by Crippen LogP contribution is -2.41. The van der Waals surface area contributed by atoms with Crippen LogP contribution in [0.1, 0.15) is 28.2 Å². The molecule has 1 atom stereocenters. The molecule has 1 aliphatic heterocycles. The molecular formula is C23H24ClN3OS. The fourth-order valence-corrected chi connectivity index (χ4v) is 4.86. The highest BCUT2D eigenvalue weighted by molar-refractivity contribution is 7.17. The minimum absolute atomic E-state index is 0.0305. The van der Waals surface area contributed by atoms with Gasteiger partial charge in [-0.2, -0.15) is 0 Å². The van der Waals surface area contributed by atoms with Gasteiger partial charge in [-0.05, 0) is 49.9 Å². The molecule has 1 aromatic heterocycles. The molecule has 2 heterocycles. The number of carbonyl (C=O) groups excluding carboxylic acids is 1. The molecule has 29 heavy (non-hydrogen) atoms. The van der Waals surface area contributed by atoms with E-state index in [4.69, 9.17) is 11.6 Å². The number of aromatic nitrogens is 1. The topological polar surface area (TPSA) is 45.2 Å². The maximum atomic E-state index is 12.8. The van der Waals surface area contributed by atoms with Crippen molar-refractivity contribution in [3.63, 3.8) is 0 Å². The third-order valence-corrected chi connectivity index (χ3v) is 6.74. The van der Waals surface area contributed by atoms with Crippen LogP contribution in [0.15, 0.2) is 54.6 Å². The molecule has 0 bridgehead atoms. The monoisotopic (exact) mass is 425 g/mol. The van der Waals surface area contributed by atoms with Gasteiger partial charge in [-0.3, -0.25) is 4.79 Å². The lowest BCUT2D eigenvalue weighted by atomic mass is 9.97. The Morgan fingerprint density at radius 2 is 1.97 bits per heavy atom. The Balaban J connectivity index is 1.38. The van der Waals surface area contributed by atoms with Crippen LogP contribution in [0.3, 0.4) is 0 Å². The number of amides is 1. The fraction of sp³-hybridized carbons (Fsp3) is 0.304. The largest absolute Gasteiger partial charge is 0.371 e. The molecule has 4 nitrogen and oxygen atoms in total. The van der Waals surface area contributed by atoms with Crippen molar-refractivity contribution in [2.45, 2.75) is 19.8 Å². The van der Waals surface area contributed by atoms with Gasteiger partial charge in [-0.1, -0.05) is 41.9 Å². The molecule has 1 N–H and O–H groups in total. The maximum absolute atomic E-state index is 12.8. The van der Waals surface area contributed by atoms with Gasteiger partial charge in [0.05, 0.1) is 5.69 Å². The molecule has 6 heteroatoms. The van der Waals surface area contributed by atoms with Gasteiger partial charge in [0, 0.05) is 35.9 Å². The molecule has 150 valence electrons. The quantitative estimate of drug-likeness (QED) is 0.593. The zero-order chi connectivity index (χ0) is 20.2. The average Bonchev–Trinajstić information content (AvgIpc) is 3.15. The molecule has 1 aliphatic rings. The number of anilines is 1. The van der Waals surface area contributed by atoms with Gasteiger partial charge in [0.25, 0.3) is 5.91 Å². The van der Waals surface area contributed by atoms with Gasteiger partial charge in [0.15, 0.2) is 0 Å². The van der Waals surface area contributed by atoms with Crippen molar-refractivity contribution >= 4 is 34.5 Å². The predicted octanol–water partition coefficient (Wildman–Crippen LogP) is 5.42. The predicted molar refractivity (Wildman–Crippen MR) is 121 cm³/mol. The van der Waals surface area contributed by atoms with Gasteiger partial charge < -0.3 is 10.2 Å². The molecular weight excluding hydrogens is 402 g/mol. The first-order valence-electron chi connectivity index (χ1n) is 9.91. The summed E-state index contributed by atoms with van der Waals surface area (Å²) >= 11 is 7.40. The van der Waals surface area contributed by atoms with E-state index in [2.05, 4.69) is 39.5 Å². The Morgan fingerprint density at radius 1 is 1.21 bits per heavy atom. The van der Waals surface area contributed by atoms with E-state index in [-0.39, 0.29) is 5.91 Å².